The number of amides is 1. The van der Waals surface area contributed by atoms with Gasteiger partial charge in [0.1, 0.15) is 12.6 Å². The first-order valence-electron chi connectivity index (χ1n) is 5.42. The Labute approximate surface area is 97.0 Å². The molecule has 0 saturated heterocycles. The van der Waals surface area contributed by atoms with Crippen molar-refractivity contribution in [1.29, 1.82) is 0 Å². The fraction of sp³-hybridized carbons (Fsp3) is 0.727. The highest BCUT2D eigenvalue weighted by Crippen LogP contribution is 2.01. The lowest BCUT2D eigenvalue weighted by Crippen LogP contribution is -2.47. The van der Waals surface area contributed by atoms with Crippen LogP contribution >= 0.6 is 0 Å². The molecule has 5 nitrogen and oxygen atoms in total. The third-order valence-corrected chi connectivity index (χ3v) is 2.34. The van der Waals surface area contributed by atoms with E-state index in [-0.39, 0.29) is 12.5 Å². The predicted molar refractivity (Wildman–Crippen MR) is 62.8 cm³/mol. The molecule has 0 radical (unpaired) electrons. The third-order valence-electron chi connectivity index (χ3n) is 2.34. The molecule has 0 aromatic rings. The average Bonchev–Trinajstić information content (AvgIpc) is 2.23. The molecule has 0 fully saturated rings. The molecule has 0 aromatic carbocycles. The lowest BCUT2D eigenvalue weighted by Gasteiger charge is -2.31. The lowest BCUT2D eigenvalue weighted by molar-refractivity contribution is -0.893. The number of nitrogens with one attached hydrogen (secondary N) is 1. The lowest BCUT2D eigenvalue weighted by atomic mass is 10.2. The van der Waals surface area contributed by atoms with Gasteiger partial charge >= 0.3 is 0 Å². The summed E-state index contributed by atoms with van der Waals surface area (Å²) in [6, 6.07) is 0. The topological polar surface area (TPSA) is 69.6 Å². The largest absolute Gasteiger partial charge is 0.393 e. The van der Waals surface area contributed by atoms with E-state index in [1.165, 1.54) is 6.08 Å². The molecule has 3 N–H and O–H groups in total. The van der Waals surface area contributed by atoms with Crippen LogP contribution in [-0.2, 0) is 4.79 Å². The number of carbonyl (C=O) groups is 1. The highest BCUT2D eigenvalue weighted by Gasteiger charge is 2.19. The molecule has 1 atom stereocenters. The maximum atomic E-state index is 10.9. The van der Waals surface area contributed by atoms with Crippen LogP contribution in [0.15, 0.2) is 12.7 Å². The summed E-state index contributed by atoms with van der Waals surface area (Å²) in [4.78, 5) is 10.9. The maximum absolute atomic E-state index is 10.9. The van der Waals surface area contributed by atoms with Crippen LogP contribution in [0.5, 0.6) is 0 Å². The average molecular weight is 231 g/mol. The van der Waals surface area contributed by atoms with Crippen LogP contribution < -0.4 is 5.32 Å². The number of carbonyl (C=O) groups excluding carboxylic acids is 1. The van der Waals surface area contributed by atoms with Crippen molar-refractivity contribution in [2.75, 3.05) is 40.3 Å². The number of nitrogens with zero attached hydrogens (tertiary/aromatic N) is 1. The quantitative estimate of drug-likeness (QED) is 0.288. The molecule has 1 unspecified atom stereocenters. The zero-order chi connectivity index (χ0) is 12.6. The van der Waals surface area contributed by atoms with E-state index in [1.807, 2.05) is 14.1 Å². The fourth-order valence-electron chi connectivity index (χ4n) is 1.51. The second-order valence-electron chi connectivity index (χ2n) is 4.53. The number of hydrogen-bond acceptors (Lipinski definition) is 3. The Balaban J connectivity index is 3.73. The minimum Gasteiger partial charge on any atom is -0.393 e. The Morgan fingerprint density at radius 2 is 2.19 bits per heavy atom. The van der Waals surface area contributed by atoms with Gasteiger partial charge in [0, 0.05) is 13.0 Å². The van der Waals surface area contributed by atoms with Gasteiger partial charge in [-0.1, -0.05) is 6.58 Å². The smallest absolute Gasteiger partial charge is 0.243 e. The number of quaternary nitrogens is 1. The first kappa shape index (κ1) is 15.1. The van der Waals surface area contributed by atoms with Crippen LogP contribution in [0, 0.1) is 0 Å². The number of rotatable bonds is 8. The van der Waals surface area contributed by atoms with Gasteiger partial charge < -0.3 is 20.0 Å². The van der Waals surface area contributed by atoms with E-state index in [2.05, 4.69) is 11.9 Å². The minimum atomic E-state index is -0.683. The van der Waals surface area contributed by atoms with Crippen LogP contribution in [0.1, 0.15) is 6.42 Å². The number of aliphatic hydroxyl groups is 2. The molecule has 0 bridgehead atoms. The summed E-state index contributed by atoms with van der Waals surface area (Å²) >= 11 is 0. The van der Waals surface area contributed by atoms with Gasteiger partial charge in [-0.25, -0.2) is 0 Å². The summed E-state index contributed by atoms with van der Waals surface area (Å²) in [6.45, 7) is 5.08. The highest BCUT2D eigenvalue weighted by molar-refractivity contribution is 5.86. The van der Waals surface area contributed by atoms with E-state index in [9.17, 15) is 9.90 Å². The number of likely N-dealkylation sites (N-methyl/N-ethyl adjacent to an activating group) is 1. The van der Waals surface area contributed by atoms with E-state index in [0.29, 0.717) is 17.6 Å². The van der Waals surface area contributed by atoms with E-state index >= 15 is 0 Å². The molecule has 0 aliphatic heterocycles. The van der Waals surface area contributed by atoms with Crippen molar-refractivity contribution >= 4 is 5.91 Å². The predicted octanol–water partition coefficient (Wildman–Crippen LogP) is -0.892. The molecule has 0 spiro atoms. The number of hydrogen-bond donors (Lipinski definition) is 3. The van der Waals surface area contributed by atoms with E-state index < -0.39 is 6.10 Å². The normalized spacial score (nSPS) is 13.2. The summed E-state index contributed by atoms with van der Waals surface area (Å²) in [5.74, 6) is -0.166. The Kier molecular flexibility index (Phi) is 6.96. The molecule has 0 saturated carbocycles. The van der Waals surface area contributed by atoms with Crippen molar-refractivity contribution in [2.45, 2.75) is 12.5 Å². The van der Waals surface area contributed by atoms with Gasteiger partial charge in [-0.3, -0.25) is 4.79 Å². The van der Waals surface area contributed by atoms with E-state index in [4.69, 9.17) is 5.11 Å². The zero-order valence-electron chi connectivity index (χ0n) is 10.1. The first-order valence-corrected chi connectivity index (χ1v) is 5.42. The summed E-state index contributed by atoms with van der Waals surface area (Å²) < 4.78 is 0.617. The molecule has 16 heavy (non-hydrogen) atoms. The second kappa shape index (κ2) is 7.38. The van der Waals surface area contributed by atoms with Crippen molar-refractivity contribution in [3.8, 4) is 0 Å². The van der Waals surface area contributed by atoms with E-state index in [1.54, 1.807) is 0 Å². The first-order chi connectivity index (χ1) is 7.41. The summed E-state index contributed by atoms with van der Waals surface area (Å²) in [5, 5.41) is 20.8. The zero-order valence-corrected chi connectivity index (χ0v) is 10.1. The molecule has 94 valence electrons. The van der Waals surface area contributed by atoms with Crippen molar-refractivity contribution in [2.24, 2.45) is 0 Å². The molecule has 1 amide bonds. The Hall–Kier alpha value is -0.910. The highest BCUT2D eigenvalue weighted by atomic mass is 16.3. The Morgan fingerprint density at radius 1 is 1.56 bits per heavy atom. The molecule has 0 aliphatic carbocycles. The van der Waals surface area contributed by atoms with Crippen LogP contribution in [0.4, 0.5) is 0 Å². The Bertz CT molecular complexity index is 229. The number of aliphatic hydroxyl groups excluding tert-OH is 2. The molecule has 0 aliphatic rings. The van der Waals surface area contributed by atoms with Crippen molar-refractivity contribution in [3.05, 3.63) is 12.7 Å². The van der Waals surface area contributed by atoms with Gasteiger partial charge in [0.15, 0.2) is 0 Å². The maximum Gasteiger partial charge on any atom is 0.243 e. The molecule has 0 aromatic heterocycles. The summed E-state index contributed by atoms with van der Waals surface area (Å²) in [5.41, 5.74) is 0. The van der Waals surface area contributed by atoms with Gasteiger partial charge in [0.2, 0.25) is 5.91 Å². The van der Waals surface area contributed by atoms with Crippen molar-refractivity contribution in [1.82, 2.24) is 5.32 Å². The molecular weight excluding hydrogens is 208 g/mol. The summed E-state index contributed by atoms with van der Waals surface area (Å²) in [7, 11) is 3.96. The molecular formula is C11H23N2O3+. The fourth-order valence-corrected chi connectivity index (χ4v) is 1.51. The van der Waals surface area contributed by atoms with Crippen LogP contribution in [0.2, 0.25) is 0 Å². The van der Waals surface area contributed by atoms with Gasteiger partial charge in [-0.15, -0.1) is 0 Å². The van der Waals surface area contributed by atoms with Gasteiger partial charge in [-0.2, -0.15) is 0 Å². The third kappa shape index (κ3) is 7.39. The Morgan fingerprint density at radius 3 is 2.69 bits per heavy atom. The standard InChI is InChI=1S/C11H22N2O3/c1-4-11(16)12-6-5-7-13(2,3)8-10(15)9-14/h4,10,14-15H,1,5-9H2,2-3H3/p+1. The molecule has 5 heteroatoms. The minimum absolute atomic E-state index is 0.166. The van der Waals surface area contributed by atoms with Crippen molar-refractivity contribution in [3.63, 3.8) is 0 Å². The van der Waals surface area contributed by atoms with Gasteiger partial charge in [0.05, 0.1) is 27.2 Å². The van der Waals surface area contributed by atoms with Gasteiger partial charge in [-0.05, 0) is 6.08 Å². The van der Waals surface area contributed by atoms with Gasteiger partial charge in [0.25, 0.3) is 0 Å². The van der Waals surface area contributed by atoms with Crippen molar-refractivity contribution < 1.29 is 19.5 Å². The van der Waals surface area contributed by atoms with E-state index in [0.717, 1.165) is 13.0 Å². The SMILES string of the molecule is C=CC(=O)NCCC[N+](C)(C)CC(O)CO. The van der Waals surface area contributed by atoms with Crippen LogP contribution in [-0.4, -0.2) is 67.0 Å². The monoisotopic (exact) mass is 231 g/mol. The molecule has 0 heterocycles. The van der Waals surface area contributed by atoms with Crippen LogP contribution in [0.25, 0.3) is 0 Å². The molecule has 0 rings (SSSR count). The van der Waals surface area contributed by atoms with Crippen LogP contribution in [0.3, 0.4) is 0 Å². The second-order valence-corrected chi connectivity index (χ2v) is 4.53. The summed E-state index contributed by atoms with van der Waals surface area (Å²) in [6.07, 6.45) is 1.39.